The van der Waals surface area contributed by atoms with E-state index in [4.69, 9.17) is 5.73 Å². The minimum atomic E-state index is 0.0499. The van der Waals surface area contributed by atoms with Crippen LogP contribution in [0.2, 0.25) is 0 Å². The van der Waals surface area contributed by atoms with E-state index < -0.39 is 0 Å². The van der Waals surface area contributed by atoms with Crippen LogP contribution in [0.25, 0.3) is 0 Å². The number of amides is 1. The fourth-order valence-electron chi connectivity index (χ4n) is 1.64. The van der Waals surface area contributed by atoms with Gasteiger partial charge in [-0.25, -0.2) is 4.98 Å². The minimum absolute atomic E-state index is 0.0499. The van der Waals surface area contributed by atoms with Gasteiger partial charge in [0.1, 0.15) is 5.82 Å². The van der Waals surface area contributed by atoms with Crippen molar-refractivity contribution in [1.29, 1.82) is 0 Å². The molecule has 17 heavy (non-hydrogen) atoms. The number of nitrogens with zero attached hydrogens (tertiary/aromatic N) is 1. The number of pyridine rings is 1. The van der Waals surface area contributed by atoms with E-state index in [1.165, 1.54) is 0 Å². The maximum absolute atomic E-state index is 11.7. The van der Waals surface area contributed by atoms with Crippen LogP contribution in [0.15, 0.2) is 18.3 Å². The molecule has 0 saturated heterocycles. The van der Waals surface area contributed by atoms with Gasteiger partial charge in [0.05, 0.1) is 6.54 Å². The normalized spacial score (nSPS) is 21.3. The molecule has 1 aromatic heterocycles. The fourth-order valence-corrected chi connectivity index (χ4v) is 1.64. The molecule has 1 aromatic rings. The monoisotopic (exact) mass is 229 g/mol. The number of aromatic nitrogens is 1. The van der Waals surface area contributed by atoms with Crippen molar-refractivity contribution >= 4 is 11.7 Å². The average Bonchev–Trinajstić information content (AvgIpc) is 3.04. The SMILES string of the molecule is CC1CC1C(=O)Nc1cc(C#CCN)ccn1. The first-order valence-corrected chi connectivity index (χ1v) is 5.66. The van der Waals surface area contributed by atoms with E-state index in [2.05, 4.69) is 29.1 Å². The topological polar surface area (TPSA) is 68.0 Å². The molecule has 2 atom stereocenters. The number of hydrogen-bond donors (Lipinski definition) is 2. The van der Waals surface area contributed by atoms with Crippen LogP contribution in [-0.4, -0.2) is 17.4 Å². The molecule has 0 spiro atoms. The number of rotatable bonds is 2. The number of nitrogens with one attached hydrogen (secondary N) is 1. The van der Waals surface area contributed by atoms with Gasteiger partial charge in [0.15, 0.2) is 0 Å². The van der Waals surface area contributed by atoms with Gasteiger partial charge in [0.2, 0.25) is 5.91 Å². The average molecular weight is 229 g/mol. The Morgan fingerprint density at radius 2 is 2.47 bits per heavy atom. The van der Waals surface area contributed by atoms with Crippen molar-refractivity contribution in [3.8, 4) is 11.8 Å². The van der Waals surface area contributed by atoms with Crippen LogP contribution >= 0.6 is 0 Å². The maximum Gasteiger partial charge on any atom is 0.228 e. The zero-order valence-corrected chi connectivity index (χ0v) is 9.73. The lowest BCUT2D eigenvalue weighted by molar-refractivity contribution is -0.117. The van der Waals surface area contributed by atoms with E-state index in [1.807, 2.05) is 0 Å². The summed E-state index contributed by atoms with van der Waals surface area (Å²) >= 11 is 0. The van der Waals surface area contributed by atoms with Crippen LogP contribution in [0.1, 0.15) is 18.9 Å². The Bertz CT molecular complexity index is 487. The Morgan fingerprint density at radius 3 is 3.12 bits per heavy atom. The van der Waals surface area contributed by atoms with Crippen molar-refractivity contribution in [2.45, 2.75) is 13.3 Å². The molecule has 1 fully saturated rings. The predicted molar refractivity (Wildman–Crippen MR) is 66.1 cm³/mol. The van der Waals surface area contributed by atoms with Gasteiger partial charge in [-0.1, -0.05) is 18.8 Å². The molecule has 2 unspecified atom stereocenters. The summed E-state index contributed by atoms with van der Waals surface area (Å²) < 4.78 is 0. The van der Waals surface area contributed by atoms with Crippen molar-refractivity contribution in [2.75, 3.05) is 11.9 Å². The van der Waals surface area contributed by atoms with Gasteiger partial charge < -0.3 is 11.1 Å². The van der Waals surface area contributed by atoms with Gasteiger partial charge in [-0.3, -0.25) is 4.79 Å². The number of carbonyl (C=O) groups excluding carboxylic acids is 1. The highest BCUT2D eigenvalue weighted by molar-refractivity contribution is 5.93. The van der Waals surface area contributed by atoms with Crippen LogP contribution in [0, 0.1) is 23.7 Å². The number of carbonyl (C=O) groups is 1. The summed E-state index contributed by atoms with van der Waals surface area (Å²) in [6.07, 6.45) is 2.60. The molecule has 0 bridgehead atoms. The van der Waals surface area contributed by atoms with Gasteiger partial charge in [0, 0.05) is 17.7 Å². The zero-order chi connectivity index (χ0) is 12.3. The summed E-state index contributed by atoms with van der Waals surface area (Å²) in [5, 5.41) is 2.80. The van der Waals surface area contributed by atoms with Crippen LogP contribution in [0.4, 0.5) is 5.82 Å². The molecular formula is C13H15N3O. The molecule has 2 rings (SSSR count). The molecule has 4 nitrogen and oxygen atoms in total. The van der Waals surface area contributed by atoms with Gasteiger partial charge in [-0.2, -0.15) is 0 Å². The Labute approximate surface area is 101 Å². The molecule has 1 heterocycles. The number of anilines is 1. The van der Waals surface area contributed by atoms with E-state index in [0.717, 1.165) is 12.0 Å². The van der Waals surface area contributed by atoms with Gasteiger partial charge in [-0.05, 0) is 24.5 Å². The predicted octanol–water partition coefficient (Wildman–Crippen LogP) is 0.986. The zero-order valence-electron chi connectivity index (χ0n) is 9.73. The summed E-state index contributed by atoms with van der Waals surface area (Å²) in [7, 11) is 0. The second-order valence-corrected chi connectivity index (χ2v) is 4.24. The standard InChI is InChI=1S/C13H15N3O/c1-9-7-11(9)13(17)16-12-8-10(3-2-5-14)4-6-15-12/h4,6,8-9,11H,5,7,14H2,1H3,(H,15,16,17). The van der Waals surface area contributed by atoms with E-state index in [0.29, 0.717) is 18.3 Å². The van der Waals surface area contributed by atoms with Crippen LogP contribution in [0.3, 0.4) is 0 Å². The molecule has 1 aliphatic rings. The second kappa shape index (κ2) is 4.98. The van der Waals surface area contributed by atoms with Crippen molar-refractivity contribution in [1.82, 2.24) is 4.98 Å². The van der Waals surface area contributed by atoms with Crippen molar-refractivity contribution in [2.24, 2.45) is 17.6 Å². The lowest BCUT2D eigenvalue weighted by Crippen LogP contribution is -2.15. The van der Waals surface area contributed by atoms with Gasteiger partial charge in [-0.15, -0.1) is 0 Å². The van der Waals surface area contributed by atoms with Gasteiger partial charge in [0.25, 0.3) is 0 Å². The quantitative estimate of drug-likeness (QED) is 0.743. The lowest BCUT2D eigenvalue weighted by Gasteiger charge is -2.03. The Morgan fingerprint density at radius 1 is 1.71 bits per heavy atom. The van der Waals surface area contributed by atoms with E-state index >= 15 is 0 Å². The van der Waals surface area contributed by atoms with Crippen molar-refractivity contribution in [3.63, 3.8) is 0 Å². The van der Waals surface area contributed by atoms with E-state index in [-0.39, 0.29) is 11.8 Å². The van der Waals surface area contributed by atoms with Gasteiger partial charge >= 0.3 is 0 Å². The highest BCUT2D eigenvalue weighted by atomic mass is 16.2. The molecule has 0 radical (unpaired) electrons. The first-order chi connectivity index (χ1) is 8.20. The number of hydrogen-bond acceptors (Lipinski definition) is 3. The molecule has 4 heteroatoms. The van der Waals surface area contributed by atoms with Crippen LogP contribution in [-0.2, 0) is 4.79 Å². The second-order valence-electron chi connectivity index (χ2n) is 4.24. The smallest absolute Gasteiger partial charge is 0.228 e. The molecule has 0 aliphatic heterocycles. The number of nitrogens with two attached hydrogens (primary N) is 1. The molecule has 0 aromatic carbocycles. The molecule has 88 valence electrons. The third-order valence-corrected chi connectivity index (χ3v) is 2.79. The van der Waals surface area contributed by atoms with Crippen molar-refractivity contribution in [3.05, 3.63) is 23.9 Å². The lowest BCUT2D eigenvalue weighted by atomic mass is 10.2. The summed E-state index contributed by atoms with van der Waals surface area (Å²) in [6.45, 7) is 2.39. The van der Waals surface area contributed by atoms with E-state index in [9.17, 15) is 4.79 Å². The highest BCUT2D eigenvalue weighted by Gasteiger charge is 2.39. The Hall–Kier alpha value is -1.86. The molecule has 1 saturated carbocycles. The van der Waals surface area contributed by atoms with Crippen LogP contribution < -0.4 is 11.1 Å². The first kappa shape index (κ1) is 11.6. The Balaban J connectivity index is 2.03. The maximum atomic E-state index is 11.7. The highest BCUT2D eigenvalue weighted by Crippen LogP contribution is 2.38. The fraction of sp³-hybridized carbons (Fsp3) is 0.385. The van der Waals surface area contributed by atoms with Crippen LogP contribution in [0.5, 0.6) is 0 Å². The molecule has 1 amide bonds. The summed E-state index contributed by atoms with van der Waals surface area (Å²) in [6, 6.07) is 3.55. The summed E-state index contributed by atoms with van der Waals surface area (Å²) in [4.78, 5) is 15.8. The Kier molecular flexibility index (Phi) is 3.40. The first-order valence-electron chi connectivity index (χ1n) is 5.66. The molecule has 3 N–H and O–H groups in total. The summed E-state index contributed by atoms with van der Waals surface area (Å²) in [5.74, 6) is 6.92. The molecular weight excluding hydrogens is 214 g/mol. The largest absolute Gasteiger partial charge is 0.320 e. The van der Waals surface area contributed by atoms with Crippen molar-refractivity contribution < 1.29 is 4.79 Å². The molecule has 1 aliphatic carbocycles. The third-order valence-electron chi connectivity index (χ3n) is 2.79. The minimum Gasteiger partial charge on any atom is -0.320 e. The summed E-state index contributed by atoms with van der Waals surface area (Å²) in [5.41, 5.74) is 6.11. The van der Waals surface area contributed by atoms with E-state index in [1.54, 1.807) is 18.3 Å². The third kappa shape index (κ3) is 3.05.